The highest BCUT2D eigenvalue weighted by Crippen LogP contribution is 2.28. The number of carbonyl (C=O) groups is 1. The molecule has 24 heavy (non-hydrogen) atoms. The molecule has 1 saturated heterocycles. The van der Waals surface area contributed by atoms with Crippen molar-refractivity contribution in [1.29, 1.82) is 0 Å². The normalized spacial score (nSPS) is 20.2. The molecule has 0 aromatic carbocycles. The zero-order chi connectivity index (χ0) is 17.4. The molecule has 138 valence electrons. The van der Waals surface area contributed by atoms with Crippen molar-refractivity contribution in [2.45, 2.75) is 67.0 Å². The van der Waals surface area contributed by atoms with Gasteiger partial charge in [-0.15, -0.1) is 12.4 Å². The molecular formula is C18H33ClN4O. The van der Waals surface area contributed by atoms with E-state index in [1.54, 1.807) is 0 Å². The minimum absolute atomic E-state index is 0. The third-order valence-corrected chi connectivity index (χ3v) is 5.06. The van der Waals surface area contributed by atoms with Gasteiger partial charge < -0.3 is 10.6 Å². The zero-order valence-electron chi connectivity index (χ0n) is 15.9. The Hall–Kier alpha value is -1.07. The van der Waals surface area contributed by atoms with Crippen molar-refractivity contribution >= 4 is 18.3 Å². The molecule has 5 nitrogen and oxygen atoms in total. The summed E-state index contributed by atoms with van der Waals surface area (Å²) in [5.74, 6) is 0.737. The number of nitrogens with two attached hydrogens (primary N) is 1. The standard InChI is InChI=1S/C18H32N4O.ClH/c1-12(2)10-22-14(4)15(13(3)20-22)9-17(23)21-8-7-16(19)18(5,6)11-21;/h12,16H,7-11,19H2,1-6H3;1H. The molecule has 1 amide bonds. The maximum Gasteiger partial charge on any atom is 0.227 e. The molecular weight excluding hydrogens is 324 g/mol. The average Bonchev–Trinajstić information content (AvgIpc) is 2.68. The van der Waals surface area contributed by atoms with Gasteiger partial charge in [-0.25, -0.2) is 0 Å². The van der Waals surface area contributed by atoms with E-state index in [1.807, 2.05) is 16.5 Å². The van der Waals surface area contributed by atoms with Gasteiger partial charge in [0.2, 0.25) is 5.91 Å². The zero-order valence-corrected chi connectivity index (χ0v) is 16.7. The monoisotopic (exact) mass is 356 g/mol. The van der Waals surface area contributed by atoms with E-state index in [0.29, 0.717) is 12.3 Å². The van der Waals surface area contributed by atoms with Crippen molar-refractivity contribution in [3.63, 3.8) is 0 Å². The first-order chi connectivity index (χ1) is 10.6. The molecule has 6 heteroatoms. The van der Waals surface area contributed by atoms with E-state index < -0.39 is 0 Å². The van der Waals surface area contributed by atoms with Crippen LogP contribution >= 0.6 is 12.4 Å². The van der Waals surface area contributed by atoms with E-state index in [-0.39, 0.29) is 29.8 Å². The minimum Gasteiger partial charge on any atom is -0.342 e. The van der Waals surface area contributed by atoms with Crippen LogP contribution in [0.15, 0.2) is 0 Å². The summed E-state index contributed by atoms with van der Waals surface area (Å²) < 4.78 is 2.04. The number of hydrogen-bond donors (Lipinski definition) is 1. The molecule has 0 spiro atoms. The first-order valence-electron chi connectivity index (χ1n) is 8.68. The van der Waals surface area contributed by atoms with Crippen LogP contribution in [0.2, 0.25) is 0 Å². The average molecular weight is 357 g/mol. The van der Waals surface area contributed by atoms with Gasteiger partial charge in [-0.3, -0.25) is 9.48 Å². The van der Waals surface area contributed by atoms with Gasteiger partial charge in [0.25, 0.3) is 0 Å². The Morgan fingerprint density at radius 2 is 2.00 bits per heavy atom. The van der Waals surface area contributed by atoms with Crippen LogP contribution in [0.4, 0.5) is 0 Å². The van der Waals surface area contributed by atoms with Crippen LogP contribution in [-0.2, 0) is 17.8 Å². The third-order valence-electron chi connectivity index (χ3n) is 5.06. The highest BCUT2D eigenvalue weighted by atomic mass is 35.5. The number of halogens is 1. The number of piperidine rings is 1. The van der Waals surface area contributed by atoms with Gasteiger partial charge in [0, 0.05) is 36.9 Å². The second-order valence-electron chi connectivity index (χ2n) is 8.10. The Bertz CT molecular complexity index is 580. The Morgan fingerprint density at radius 1 is 1.38 bits per heavy atom. The summed E-state index contributed by atoms with van der Waals surface area (Å²) in [7, 11) is 0. The van der Waals surface area contributed by atoms with Gasteiger partial charge >= 0.3 is 0 Å². The maximum atomic E-state index is 12.7. The Morgan fingerprint density at radius 3 is 2.54 bits per heavy atom. The fourth-order valence-electron chi connectivity index (χ4n) is 3.36. The molecule has 0 bridgehead atoms. The fourth-order valence-corrected chi connectivity index (χ4v) is 3.36. The van der Waals surface area contributed by atoms with Gasteiger partial charge in [-0.1, -0.05) is 27.7 Å². The highest BCUT2D eigenvalue weighted by Gasteiger charge is 2.35. The third kappa shape index (κ3) is 4.51. The predicted molar refractivity (Wildman–Crippen MR) is 100 cm³/mol. The predicted octanol–water partition coefficient (Wildman–Crippen LogP) is 2.71. The van der Waals surface area contributed by atoms with Crippen molar-refractivity contribution in [2.75, 3.05) is 13.1 Å². The molecule has 0 saturated carbocycles. The summed E-state index contributed by atoms with van der Waals surface area (Å²) in [5.41, 5.74) is 9.35. The summed E-state index contributed by atoms with van der Waals surface area (Å²) in [6.07, 6.45) is 1.32. The van der Waals surface area contributed by atoms with Crippen molar-refractivity contribution in [1.82, 2.24) is 14.7 Å². The van der Waals surface area contributed by atoms with Gasteiger partial charge in [0.1, 0.15) is 0 Å². The Kier molecular flexibility index (Phi) is 6.88. The number of nitrogens with zero attached hydrogens (tertiary/aromatic N) is 3. The van der Waals surface area contributed by atoms with Crippen LogP contribution in [-0.4, -0.2) is 39.7 Å². The van der Waals surface area contributed by atoms with Gasteiger partial charge in [-0.2, -0.15) is 5.10 Å². The maximum absolute atomic E-state index is 12.7. The fraction of sp³-hybridized carbons (Fsp3) is 0.778. The van der Waals surface area contributed by atoms with Crippen LogP contribution in [0.25, 0.3) is 0 Å². The number of rotatable bonds is 4. The van der Waals surface area contributed by atoms with Crippen LogP contribution in [0.3, 0.4) is 0 Å². The molecule has 2 rings (SSSR count). The highest BCUT2D eigenvalue weighted by molar-refractivity contribution is 5.85. The van der Waals surface area contributed by atoms with Crippen LogP contribution in [0.1, 0.15) is 51.1 Å². The number of likely N-dealkylation sites (tertiary alicyclic amines) is 1. The second kappa shape index (κ2) is 7.87. The van der Waals surface area contributed by atoms with E-state index in [9.17, 15) is 4.79 Å². The van der Waals surface area contributed by atoms with Crippen LogP contribution in [0, 0.1) is 25.2 Å². The molecule has 1 aromatic rings. The number of aromatic nitrogens is 2. The smallest absolute Gasteiger partial charge is 0.227 e. The molecule has 1 aliphatic heterocycles. The second-order valence-corrected chi connectivity index (χ2v) is 8.10. The summed E-state index contributed by atoms with van der Waals surface area (Å²) in [4.78, 5) is 14.7. The van der Waals surface area contributed by atoms with Crippen LogP contribution in [0.5, 0.6) is 0 Å². The Labute approximate surface area is 152 Å². The van der Waals surface area contributed by atoms with Crippen LogP contribution < -0.4 is 5.73 Å². The van der Waals surface area contributed by atoms with E-state index in [2.05, 4.69) is 39.7 Å². The molecule has 1 aliphatic rings. The SMILES string of the molecule is Cc1nn(CC(C)C)c(C)c1CC(=O)N1CCC(N)C(C)(C)C1.Cl. The lowest BCUT2D eigenvalue weighted by Gasteiger charge is -2.42. The van der Waals surface area contributed by atoms with E-state index in [0.717, 1.165) is 43.0 Å². The number of aryl methyl sites for hydroxylation is 1. The topological polar surface area (TPSA) is 64.2 Å². The molecule has 0 aliphatic carbocycles. The lowest BCUT2D eigenvalue weighted by molar-refractivity contribution is -0.133. The quantitative estimate of drug-likeness (QED) is 0.902. The van der Waals surface area contributed by atoms with Crippen molar-refractivity contribution in [3.8, 4) is 0 Å². The number of amides is 1. The van der Waals surface area contributed by atoms with E-state index in [4.69, 9.17) is 5.73 Å². The molecule has 0 radical (unpaired) electrons. The molecule has 2 N–H and O–H groups in total. The van der Waals surface area contributed by atoms with Gasteiger partial charge in [0.05, 0.1) is 12.1 Å². The lowest BCUT2D eigenvalue weighted by Crippen LogP contribution is -2.54. The van der Waals surface area contributed by atoms with Gasteiger partial charge in [-0.05, 0) is 31.6 Å². The first-order valence-corrected chi connectivity index (χ1v) is 8.68. The molecule has 1 unspecified atom stereocenters. The first kappa shape index (κ1) is 21.0. The Balaban J connectivity index is 0.00000288. The molecule has 2 heterocycles. The van der Waals surface area contributed by atoms with Crippen molar-refractivity contribution < 1.29 is 4.79 Å². The summed E-state index contributed by atoms with van der Waals surface area (Å²) >= 11 is 0. The number of hydrogen-bond acceptors (Lipinski definition) is 3. The molecule has 1 aromatic heterocycles. The van der Waals surface area contributed by atoms with Crippen molar-refractivity contribution in [2.24, 2.45) is 17.1 Å². The summed E-state index contributed by atoms with van der Waals surface area (Å²) in [6, 6.07) is 0.170. The van der Waals surface area contributed by atoms with E-state index >= 15 is 0 Å². The summed E-state index contributed by atoms with van der Waals surface area (Å²) in [5, 5.41) is 4.62. The van der Waals surface area contributed by atoms with Gasteiger partial charge in [0.15, 0.2) is 0 Å². The lowest BCUT2D eigenvalue weighted by atomic mass is 9.79. The minimum atomic E-state index is -0.0141. The van der Waals surface area contributed by atoms with E-state index in [1.165, 1.54) is 0 Å². The number of carbonyl (C=O) groups excluding carboxylic acids is 1. The largest absolute Gasteiger partial charge is 0.342 e. The van der Waals surface area contributed by atoms with Crippen molar-refractivity contribution in [3.05, 3.63) is 17.0 Å². The summed E-state index contributed by atoms with van der Waals surface area (Å²) in [6.45, 7) is 15.1. The molecule has 1 atom stereocenters. The molecule has 1 fully saturated rings.